The van der Waals surface area contributed by atoms with Gasteiger partial charge in [0.2, 0.25) is 5.91 Å². The quantitative estimate of drug-likeness (QED) is 0.780. The van der Waals surface area contributed by atoms with Gasteiger partial charge < -0.3 is 10.1 Å². The molecular formula is C18H20N4O2S. The second-order valence-corrected chi connectivity index (χ2v) is 7.75. The lowest BCUT2D eigenvalue weighted by Gasteiger charge is -2.20. The number of hydrogen-bond acceptors (Lipinski definition) is 5. The number of nitrogens with one attached hydrogen (secondary N) is 1. The summed E-state index contributed by atoms with van der Waals surface area (Å²) in [5.74, 6) is 1.12. The first-order valence-corrected chi connectivity index (χ1v) is 9.15. The van der Waals surface area contributed by atoms with Gasteiger partial charge in [-0.2, -0.15) is 5.10 Å². The van der Waals surface area contributed by atoms with Crippen molar-refractivity contribution in [1.29, 1.82) is 0 Å². The van der Waals surface area contributed by atoms with E-state index in [1.54, 1.807) is 16.0 Å². The summed E-state index contributed by atoms with van der Waals surface area (Å²) in [6.45, 7) is 4.70. The van der Waals surface area contributed by atoms with Crippen LogP contribution in [0.4, 0.5) is 0 Å². The molecule has 1 N–H and O–H groups in total. The van der Waals surface area contributed by atoms with Crippen LogP contribution in [0, 0.1) is 12.8 Å². The number of aryl methyl sites for hydroxylation is 2. The predicted molar refractivity (Wildman–Crippen MR) is 97.8 cm³/mol. The van der Waals surface area contributed by atoms with Crippen LogP contribution >= 0.6 is 11.3 Å². The zero-order valence-electron chi connectivity index (χ0n) is 14.4. The molecule has 2 unspecified atom stereocenters. The van der Waals surface area contributed by atoms with Crippen LogP contribution in [0.25, 0.3) is 21.3 Å². The van der Waals surface area contributed by atoms with Crippen LogP contribution in [0.1, 0.15) is 18.4 Å². The van der Waals surface area contributed by atoms with Gasteiger partial charge in [0.15, 0.2) is 0 Å². The van der Waals surface area contributed by atoms with E-state index in [1.165, 1.54) is 0 Å². The molecule has 130 valence electrons. The van der Waals surface area contributed by atoms with Crippen molar-refractivity contribution in [2.45, 2.75) is 26.4 Å². The highest BCUT2D eigenvalue weighted by Gasteiger charge is 2.28. The highest BCUT2D eigenvalue weighted by Crippen LogP contribution is 2.37. The summed E-state index contributed by atoms with van der Waals surface area (Å²) in [5, 5.41) is 8.14. The number of amides is 1. The van der Waals surface area contributed by atoms with Crippen LogP contribution in [-0.4, -0.2) is 33.3 Å². The molecule has 2 aromatic heterocycles. The fraction of sp³-hybridized carbons (Fsp3) is 0.389. The monoisotopic (exact) mass is 356 g/mol. The van der Waals surface area contributed by atoms with Gasteiger partial charge >= 0.3 is 0 Å². The third kappa shape index (κ3) is 3.11. The molecule has 0 saturated carbocycles. The topological polar surface area (TPSA) is 69.0 Å². The molecule has 2 atom stereocenters. The molecule has 1 amide bonds. The lowest BCUT2D eigenvalue weighted by atomic mass is 10.0. The van der Waals surface area contributed by atoms with E-state index in [0.29, 0.717) is 13.0 Å². The minimum atomic E-state index is -0.0475. The number of aromatic nitrogens is 3. The van der Waals surface area contributed by atoms with Gasteiger partial charge in [-0.3, -0.25) is 9.48 Å². The lowest BCUT2D eigenvalue weighted by Crippen LogP contribution is -2.25. The third-order valence-corrected chi connectivity index (χ3v) is 5.59. The molecule has 25 heavy (non-hydrogen) atoms. The average molecular weight is 356 g/mol. The maximum Gasteiger partial charge on any atom is 0.220 e. The Labute approximate surface area is 149 Å². The zero-order chi connectivity index (χ0) is 17.6. The zero-order valence-corrected chi connectivity index (χ0v) is 15.3. The van der Waals surface area contributed by atoms with Gasteiger partial charge in [-0.05, 0) is 31.5 Å². The number of ether oxygens (including phenoxy) is 1. The fourth-order valence-electron chi connectivity index (χ4n) is 3.19. The number of fused-ring (bicyclic) bond motifs is 1. The average Bonchev–Trinajstić information content (AvgIpc) is 3.26. The summed E-state index contributed by atoms with van der Waals surface area (Å²) in [6, 6.07) is 4.13. The Morgan fingerprint density at radius 3 is 2.92 bits per heavy atom. The maximum atomic E-state index is 11.5. The van der Waals surface area contributed by atoms with Gasteiger partial charge in [0.05, 0.1) is 21.4 Å². The van der Waals surface area contributed by atoms with Gasteiger partial charge in [-0.1, -0.05) is 0 Å². The highest BCUT2D eigenvalue weighted by molar-refractivity contribution is 7.18. The molecule has 1 saturated heterocycles. The lowest BCUT2D eigenvalue weighted by molar-refractivity contribution is -0.119. The highest BCUT2D eigenvalue weighted by atomic mass is 32.1. The van der Waals surface area contributed by atoms with E-state index >= 15 is 0 Å². The number of rotatable bonds is 4. The van der Waals surface area contributed by atoms with Crippen LogP contribution in [0.2, 0.25) is 0 Å². The Balaban J connectivity index is 1.72. The van der Waals surface area contributed by atoms with E-state index < -0.39 is 0 Å². The van der Waals surface area contributed by atoms with Crippen LogP contribution < -0.4 is 10.1 Å². The molecule has 3 heterocycles. The first kappa shape index (κ1) is 16.1. The second-order valence-electron chi connectivity index (χ2n) is 6.55. The van der Waals surface area contributed by atoms with E-state index in [1.807, 2.05) is 33.3 Å². The van der Waals surface area contributed by atoms with Crippen molar-refractivity contribution in [3.63, 3.8) is 0 Å². The van der Waals surface area contributed by atoms with Crippen LogP contribution in [-0.2, 0) is 11.8 Å². The minimum Gasteiger partial charge on any atom is -0.489 e. The number of thiazole rings is 1. The van der Waals surface area contributed by atoms with Crippen molar-refractivity contribution in [3.05, 3.63) is 29.5 Å². The maximum absolute atomic E-state index is 11.5. The fourth-order valence-corrected chi connectivity index (χ4v) is 4.05. The number of nitrogens with zero attached hydrogens (tertiary/aromatic N) is 3. The molecule has 4 rings (SSSR count). The molecule has 6 nitrogen and oxygen atoms in total. The normalized spacial score (nSPS) is 18.5. The molecule has 0 bridgehead atoms. The van der Waals surface area contributed by atoms with E-state index in [-0.39, 0.29) is 17.9 Å². The van der Waals surface area contributed by atoms with Crippen molar-refractivity contribution >= 4 is 27.5 Å². The van der Waals surface area contributed by atoms with Crippen LogP contribution in [0.5, 0.6) is 5.75 Å². The molecular weight excluding hydrogens is 336 g/mol. The molecule has 1 fully saturated rings. The summed E-state index contributed by atoms with van der Waals surface area (Å²) >= 11 is 1.63. The van der Waals surface area contributed by atoms with Crippen molar-refractivity contribution in [2.24, 2.45) is 13.0 Å². The van der Waals surface area contributed by atoms with Gasteiger partial charge in [0, 0.05) is 37.7 Å². The molecule has 3 aromatic rings. The second kappa shape index (κ2) is 6.15. The standard InChI is InChI=1S/C18H20N4O2S/c1-10(13-6-17(23)19-7-13)24-16-5-12(14-8-20-22(3)9-14)4-15-18(16)25-11(2)21-15/h4-5,8-10,13H,6-7H2,1-3H3,(H,19,23). The molecule has 0 aliphatic carbocycles. The summed E-state index contributed by atoms with van der Waals surface area (Å²) in [5.41, 5.74) is 3.01. The first-order valence-electron chi connectivity index (χ1n) is 8.33. The first-order chi connectivity index (χ1) is 12.0. The van der Waals surface area contributed by atoms with E-state index in [4.69, 9.17) is 4.74 Å². The Bertz CT molecular complexity index is 946. The predicted octanol–water partition coefficient (Wildman–Crippen LogP) is 2.91. The Morgan fingerprint density at radius 2 is 2.24 bits per heavy atom. The number of benzene rings is 1. The summed E-state index contributed by atoms with van der Waals surface area (Å²) in [4.78, 5) is 16.1. The SMILES string of the molecule is Cc1nc2cc(-c3cnn(C)c3)cc(OC(C)C3CNC(=O)C3)c2s1. The Kier molecular flexibility index (Phi) is 3.95. The van der Waals surface area contributed by atoms with Crippen LogP contribution in [0.15, 0.2) is 24.5 Å². The van der Waals surface area contributed by atoms with Crippen molar-refractivity contribution in [1.82, 2.24) is 20.1 Å². The Morgan fingerprint density at radius 1 is 1.40 bits per heavy atom. The minimum absolute atomic E-state index is 0.0475. The van der Waals surface area contributed by atoms with Crippen LogP contribution in [0.3, 0.4) is 0 Å². The summed E-state index contributed by atoms with van der Waals surface area (Å²) in [6.07, 6.45) is 4.29. The van der Waals surface area contributed by atoms with Gasteiger partial charge in [-0.25, -0.2) is 4.98 Å². The molecule has 1 aromatic carbocycles. The van der Waals surface area contributed by atoms with Gasteiger partial charge in [0.25, 0.3) is 0 Å². The number of hydrogen-bond donors (Lipinski definition) is 1. The molecule has 1 aliphatic rings. The summed E-state index contributed by atoms with van der Waals surface area (Å²) in [7, 11) is 1.90. The van der Waals surface area contributed by atoms with Gasteiger partial charge in [-0.15, -0.1) is 11.3 Å². The molecule has 0 radical (unpaired) electrons. The summed E-state index contributed by atoms with van der Waals surface area (Å²) < 4.78 is 9.13. The third-order valence-electron chi connectivity index (χ3n) is 4.59. The molecule has 0 spiro atoms. The molecule has 1 aliphatic heterocycles. The van der Waals surface area contributed by atoms with E-state index in [9.17, 15) is 4.79 Å². The van der Waals surface area contributed by atoms with E-state index in [0.717, 1.165) is 32.1 Å². The smallest absolute Gasteiger partial charge is 0.220 e. The largest absolute Gasteiger partial charge is 0.489 e. The van der Waals surface area contributed by atoms with E-state index in [2.05, 4.69) is 27.5 Å². The van der Waals surface area contributed by atoms with Crippen molar-refractivity contribution in [3.8, 4) is 16.9 Å². The van der Waals surface area contributed by atoms with Crippen molar-refractivity contribution in [2.75, 3.05) is 6.54 Å². The van der Waals surface area contributed by atoms with Gasteiger partial charge in [0.1, 0.15) is 11.9 Å². The number of carbonyl (C=O) groups excluding carboxylic acids is 1. The Hall–Kier alpha value is -2.41. The number of carbonyl (C=O) groups is 1. The van der Waals surface area contributed by atoms with Crippen molar-refractivity contribution < 1.29 is 9.53 Å². The molecule has 7 heteroatoms.